The zero-order valence-corrected chi connectivity index (χ0v) is 18.4. The number of halogens is 1. The van der Waals surface area contributed by atoms with E-state index in [1.165, 1.54) is 6.42 Å². The first kappa shape index (κ1) is 19.5. The number of nitrogens with zero attached hydrogens (tertiary/aromatic N) is 1. The van der Waals surface area contributed by atoms with E-state index in [0.29, 0.717) is 23.8 Å². The van der Waals surface area contributed by atoms with Crippen molar-refractivity contribution in [1.29, 1.82) is 0 Å². The number of fused-ring (bicyclic) bond motifs is 5. The number of aliphatic hydroxyl groups is 1. The molecule has 1 amide bonds. The molecule has 148 valence electrons. The molecule has 0 aromatic rings. The molecule has 4 rings (SSSR count). The maximum Gasteiger partial charge on any atom is 0.246 e. The fraction of sp³-hybridized carbons (Fsp3) is 0.783. The highest BCUT2D eigenvalue weighted by Crippen LogP contribution is 2.66. The van der Waals surface area contributed by atoms with Crippen LogP contribution in [0.5, 0.6) is 0 Å². The predicted octanol–water partition coefficient (Wildman–Crippen LogP) is 4.15. The van der Waals surface area contributed by atoms with Gasteiger partial charge in [-0.05, 0) is 62.4 Å². The Morgan fingerprint density at radius 1 is 1.22 bits per heavy atom. The lowest BCUT2D eigenvalue weighted by Crippen LogP contribution is -2.60. The van der Waals surface area contributed by atoms with E-state index in [9.17, 15) is 9.90 Å². The molecule has 7 atom stereocenters. The molecule has 1 N–H and O–H groups in total. The van der Waals surface area contributed by atoms with Crippen LogP contribution < -0.4 is 0 Å². The first-order chi connectivity index (χ1) is 12.8. The third-order valence-electron chi connectivity index (χ3n) is 8.79. The van der Waals surface area contributed by atoms with Crippen molar-refractivity contribution >= 4 is 21.8 Å². The number of hydrogen-bond acceptors (Lipinski definition) is 2. The van der Waals surface area contributed by atoms with Gasteiger partial charge in [-0.15, -0.1) is 0 Å². The summed E-state index contributed by atoms with van der Waals surface area (Å²) in [6.07, 6.45) is 11.1. The average molecular weight is 434 g/mol. The van der Waals surface area contributed by atoms with Gasteiger partial charge in [-0.3, -0.25) is 4.79 Å². The topological polar surface area (TPSA) is 40.5 Å². The number of carbonyl (C=O) groups excluding carboxylic acids is 1. The largest absolute Gasteiger partial charge is 0.377 e. The Hall–Kier alpha value is -0.790. The van der Waals surface area contributed by atoms with Gasteiger partial charge in [0.1, 0.15) is 5.60 Å². The zero-order chi connectivity index (χ0) is 19.4. The normalized spacial score (nSPS) is 48.3. The predicted molar refractivity (Wildman–Crippen MR) is 111 cm³/mol. The van der Waals surface area contributed by atoms with Crippen molar-refractivity contribution in [2.24, 2.45) is 28.6 Å². The van der Waals surface area contributed by atoms with E-state index in [-0.39, 0.29) is 16.7 Å². The van der Waals surface area contributed by atoms with Crippen LogP contribution in [-0.2, 0) is 4.79 Å². The molecule has 0 aromatic carbocycles. The smallest absolute Gasteiger partial charge is 0.246 e. The summed E-state index contributed by atoms with van der Waals surface area (Å²) in [5.41, 5.74) is -0.871. The van der Waals surface area contributed by atoms with Crippen molar-refractivity contribution in [1.82, 2.24) is 4.90 Å². The number of likely N-dealkylation sites (N-methyl/N-ethyl adjacent to an activating group) is 1. The van der Waals surface area contributed by atoms with Gasteiger partial charge in [-0.25, -0.2) is 0 Å². The molecule has 0 radical (unpaired) electrons. The van der Waals surface area contributed by atoms with Crippen molar-refractivity contribution in [3.05, 3.63) is 12.2 Å². The Balaban J connectivity index is 1.64. The van der Waals surface area contributed by atoms with Crippen LogP contribution in [0.3, 0.4) is 0 Å². The molecule has 1 heterocycles. The molecule has 0 saturated heterocycles. The number of carbonyl (C=O) groups is 1. The second-order valence-corrected chi connectivity index (χ2v) is 10.5. The Morgan fingerprint density at radius 3 is 2.70 bits per heavy atom. The molecule has 1 aliphatic heterocycles. The Kier molecular flexibility index (Phi) is 4.79. The Morgan fingerprint density at radius 2 is 1.96 bits per heavy atom. The fourth-order valence-electron chi connectivity index (χ4n) is 7.22. The van der Waals surface area contributed by atoms with Crippen molar-refractivity contribution in [3.8, 4) is 11.8 Å². The van der Waals surface area contributed by atoms with Crippen LogP contribution in [0.2, 0.25) is 0 Å². The lowest BCUT2D eigenvalue weighted by Gasteiger charge is -2.60. The highest BCUT2D eigenvalue weighted by molar-refractivity contribution is 9.09. The molecule has 4 unspecified atom stereocenters. The molecule has 4 aliphatic rings. The number of amides is 1. The lowest BCUT2D eigenvalue weighted by atomic mass is 9.47. The molecule has 3 saturated carbocycles. The molecule has 0 spiro atoms. The summed E-state index contributed by atoms with van der Waals surface area (Å²) >= 11 is 3.43. The molecule has 4 heteroatoms. The van der Waals surface area contributed by atoms with Gasteiger partial charge in [-0.2, -0.15) is 0 Å². The maximum atomic E-state index is 12.2. The molecule has 3 fully saturated rings. The lowest BCUT2D eigenvalue weighted by molar-refractivity contribution is -0.143. The minimum atomic E-state index is -0.836. The molecular weight excluding hydrogens is 402 g/mol. The quantitative estimate of drug-likeness (QED) is 0.498. The van der Waals surface area contributed by atoms with E-state index in [0.717, 1.165) is 43.9 Å². The van der Waals surface area contributed by atoms with Crippen LogP contribution in [-0.4, -0.2) is 39.9 Å². The molecule has 27 heavy (non-hydrogen) atoms. The van der Waals surface area contributed by atoms with Crippen LogP contribution in [0.4, 0.5) is 0 Å². The van der Waals surface area contributed by atoms with E-state index in [1.54, 1.807) is 6.08 Å². The van der Waals surface area contributed by atoms with Crippen LogP contribution >= 0.6 is 15.9 Å². The van der Waals surface area contributed by atoms with Gasteiger partial charge in [0.25, 0.3) is 0 Å². The van der Waals surface area contributed by atoms with Crippen LogP contribution in [0.1, 0.15) is 58.8 Å². The highest BCUT2D eigenvalue weighted by Gasteiger charge is 2.64. The van der Waals surface area contributed by atoms with Gasteiger partial charge in [0, 0.05) is 35.7 Å². The number of hydrogen-bond donors (Lipinski definition) is 1. The van der Waals surface area contributed by atoms with Gasteiger partial charge in [0.15, 0.2) is 0 Å². The van der Waals surface area contributed by atoms with E-state index >= 15 is 0 Å². The minimum Gasteiger partial charge on any atom is -0.377 e. The van der Waals surface area contributed by atoms with Gasteiger partial charge in [0.2, 0.25) is 5.91 Å². The second-order valence-electron chi connectivity index (χ2n) is 9.71. The van der Waals surface area contributed by atoms with Gasteiger partial charge < -0.3 is 10.0 Å². The molecule has 3 aliphatic carbocycles. The van der Waals surface area contributed by atoms with Crippen molar-refractivity contribution < 1.29 is 9.90 Å². The zero-order valence-electron chi connectivity index (χ0n) is 16.8. The third-order valence-corrected chi connectivity index (χ3v) is 9.19. The first-order valence-corrected chi connectivity index (χ1v) is 11.6. The highest BCUT2D eigenvalue weighted by atomic mass is 79.9. The van der Waals surface area contributed by atoms with Crippen LogP contribution in [0, 0.1) is 40.4 Å². The SMILES string of the molecule is CN1C(=O)C=C[C@]2(C)C3CC[C@@]4(C)C(CC[C@@]4(O)C#CCCBr)C3CCC12. The van der Waals surface area contributed by atoms with Crippen molar-refractivity contribution in [2.45, 2.75) is 70.4 Å². The van der Waals surface area contributed by atoms with Gasteiger partial charge >= 0.3 is 0 Å². The monoisotopic (exact) mass is 433 g/mol. The van der Waals surface area contributed by atoms with Crippen molar-refractivity contribution in [2.75, 3.05) is 12.4 Å². The first-order valence-electron chi connectivity index (χ1n) is 10.5. The summed E-state index contributed by atoms with van der Waals surface area (Å²) in [6, 6.07) is 0.319. The van der Waals surface area contributed by atoms with Gasteiger partial charge in [-0.1, -0.05) is 47.7 Å². The van der Waals surface area contributed by atoms with E-state index in [2.05, 4.69) is 47.7 Å². The fourth-order valence-corrected chi connectivity index (χ4v) is 7.41. The van der Waals surface area contributed by atoms with Crippen molar-refractivity contribution in [3.63, 3.8) is 0 Å². The van der Waals surface area contributed by atoms with Crippen LogP contribution in [0.15, 0.2) is 12.2 Å². The number of rotatable bonds is 1. The standard InChI is InChI=1S/C23H32BrNO2/c1-21-12-10-20(26)25(3)19(21)7-6-16-17(21)8-13-22(2)18(16)9-14-23(22,27)11-4-5-15-24/h10,12,16-19,27H,5-9,13-15H2,1-3H3/t16?,17?,18?,19?,21-,22+,23+/m1/s1. The summed E-state index contributed by atoms with van der Waals surface area (Å²) in [5, 5.41) is 12.3. The molecule has 0 aromatic heterocycles. The molecule has 0 bridgehead atoms. The minimum absolute atomic E-state index is 0.0647. The summed E-state index contributed by atoms with van der Waals surface area (Å²) in [6.45, 7) is 4.66. The number of alkyl halides is 1. The Bertz CT molecular complexity index is 724. The molecular formula is C23H32BrNO2. The van der Waals surface area contributed by atoms with E-state index < -0.39 is 5.60 Å². The summed E-state index contributed by atoms with van der Waals surface area (Å²) in [4.78, 5) is 14.2. The third kappa shape index (κ3) is 2.68. The van der Waals surface area contributed by atoms with E-state index in [1.807, 2.05) is 11.9 Å². The van der Waals surface area contributed by atoms with E-state index in [4.69, 9.17) is 0 Å². The summed E-state index contributed by atoms with van der Waals surface area (Å²) in [7, 11) is 1.97. The Labute approximate surface area is 172 Å². The summed E-state index contributed by atoms with van der Waals surface area (Å²) in [5.74, 6) is 8.40. The maximum absolute atomic E-state index is 12.2. The van der Waals surface area contributed by atoms with Gasteiger partial charge in [0.05, 0.1) is 0 Å². The van der Waals surface area contributed by atoms with Crippen LogP contribution in [0.25, 0.3) is 0 Å². The average Bonchev–Trinajstić information content (AvgIpc) is 2.90. The summed E-state index contributed by atoms with van der Waals surface area (Å²) < 4.78 is 0. The second kappa shape index (κ2) is 6.63. The molecule has 3 nitrogen and oxygen atoms in total.